The van der Waals surface area contributed by atoms with E-state index in [2.05, 4.69) is 4.99 Å². The number of amides is 4. The Balaban J connectivity index is 1.84. The van der Waals surface area contributed by atoms with Gasteiger partial charge in [-0.25, -0.2) is 14.1 Å². The van der Waals surface area contributed by atoms with Gasteiger partial charge in [0.05, 0.1) is 18.0 Å². The van der Waals surface area contributed by atoms with Crippen molar-refractivity contribution >= 4 is 35.4 Å². The molecule has 0 radical (unpaired) electrons. The van der Waals surface area contributed by atoms with Crippen LogP contribution in [0.3, 0.4) is 0 Å². The second-order valence-corrected chi connectivity index (χ2v) is 5.60. The number of imide groups is 2. The molecule has 0 unspecified atom stereocenters. The molecule has 1 saturated heterocycles. The monoisotopic (exact) mass is 369 g/mol. The maximum atomic E-state index is 14.0. The van der Waals surface area contributed by atoms with Gasteiger partial charge < -0.3 is 4.74 Å². The molecular formula is C19H16FN3O4. The van der Waals surface area contributed by atoms with Crippen molar-refractivity contribution < 1.29 is 23.5 Å². The number of anilines is 1. The Kier molecular flexibility index (Phi) is 5.25. The van der Waals surface area contributed by atoms with Gasteiger partial charge in [-0.05, 0) is 43.3 Å². The lowest BCUT2D eigenvalue weighted by Crippen LogP contribution is -2.58. The number of nitrogens with one attached hydrogen (secondary N) is 1. The van der Waals surface area contributed by atoms with Gasteiger partial charge in [-0.1, -0.05) is 12.1 Å². The highest BCUT2D eigenvalue weighted by Crippen LogP contribution is 2.24. The molecule has 0 aromatic heterocycles. The van der Waals surface area contributed by atoms with Gasteiger partial charge in [-0.15, -0.1) is 0 Å². The predicted octanol–water partition coefficient (Wildman–Crippen LogP) is 2.83. The Bertz CT molecular complexity index is 911. The molecule has 0 bridgehead atoms. The molecule has 2 aromatic carbocycles. The topological polar surface area (TPSA) is 88.1 Å². The van der Waals surface area contributed by atoms with Crippen molar-refractivity contribution in [3.8, 4) is 5.75 Å². The molecular weight excluding hydrogens is 353 g/mol. The highest BCUT2D eigenvalue weighted by atomic mass is 19.1. The van der Waals surface area contributed by atoms with Crippen LogP contribution < -0.4 is 15.0 Å². The number of nitrogens with zero attached hydrogens (tertiary/aromatic N) is 2. The van der Waals surface area contributed by atoms with E-state index in [1.807, 2.05) is 12.2 Å². The molecule has 1 aliphatic rings. The molecule has 4 amide bonds. The van der Waals surface area contributed by atoms with Gasteiger partial charge in [-0.2, -0.15) is 0 Å². The third kappa shape index (κ3) is 3.84. The predicted molar refractivity (Wildman–Crippen MR) is 96.7 cm³/mol. The van der Waals surface area contributed by atoms with Crippen molar-refractivity contribution in [2.75, 3.05) is 11.5 Å². The van der Waals surface area contributed by atoms with Gasteiger partial charge in [0.2, 0.25) is 5.91 Å². The highest BCUT2D eigenvalue weighted by molar-refractivity contribution is 6.32. The molecule has 1 atom stereocenters. The minimum Gasteiger partial charge on any atom is -0.494 e. The molecule has 3 rings (SSSR count). The number of urea groups is 1. The number of rotatable bonds is 5. The Morgan fingerprint density at radius 1 is 1.15 bits per heavy atom. The zero-order valence-corrected chi connectivity index (χ0v) is 14.4. The summed E-state index contributed by atoms with van der Waals surface area (Å²) in [5.41, 5.74) is 0.264. The van der Waals surface area contributed by atoms with Crippen molar-refractivity contribution in [1.29, 1.82) is 0 Å². The average molecular weight is 369 g/mol. The van der Waals surface area contributed by atoms with E-state index in [1.165, 1.54) is 18.2 Å². The van der Waals surface area contributed by atoms with E-state index in [-0.39, 0.29) is 5.69 Å². The van der Waals surface area contributed by atoms with Gasteiger partial charge in [0.25, 0.3) is 5.91 Å². The normalized spacial score (nSPS) is 17.3. The zero-order valence-electron chi connectivity index (χ0n) is 14.4. The molecule has 2 aromatic rings. The Labute approximate surface area is 154 Å². The van der Waals surface area contributed by atoms with E-state index in [4.69, 9.17) is 4.74 Å². The number of aliphatic imine (C=N–C) groups is 1. The van der Waals surface area contributed by atoms with Crippen LogP contribution in [0, 0.1) is 11.7 Å². The van der Waals surface area contributed by atoms with E-state index >= 15 is 0 Å². The van der Waals surface area contributed by atoms with E-state index in [0.29, 0.717) is 22.9 Å². The second-order valence-electron chi connectivity index (χ2n) is 5.60. The van der Waals surface area contributed by atoms with Crippen LogP contribution in [0.1, 0.15) is 6.92 Å². The van der Waals surface area contributed by atoms with Crippen molar-refractivity contribution in [1.82, 2.24) is 5.32 Å². The number of barbiturate groups is 1. The fourth-order valence-electron chi connectivity index (χ4n) is 2.54. The zero-order chi connectivity index (χ0) is 19.4. The summed E-state index contributed by atoms with van der Waals surface area (Å²) < 4.78 is 19.3. The third-order valence-electron chi connectivity index (χ3n) is 3.82. The molecule has 27 heavy (non-hydrogen) atoms. The van der Waals surface area contributed by atoms with Crippen LogP contribution in [0.2, 0.25) is 0 Å². The summed E-state index contributed by atoms with van der Waals surface area (Å²) in [5.74, 6) is -3.12. The van der Waals surface area contributed by atoms with Gasteiger partial charge in [0, 0.05) is 6.21 Å². The molecule has 0 spiro atoms. The van der Waals surface area contributed by atoms with Crippen molar-refractivity contribution in [2.24, 2.45) is 10.9 Å². The quantitative estimate of drug-likeness (QED) is 0.648. The van der Waals surface area contributed by atoms with E-state index in [1.54, 1.807) is 24.3 Å². The summed E-state index contributed by atoms with van der Waals surface area (Å²) in [4.78, 5) is 41.4. The number of benzene rings is 2. The van der Waals surface area contributed by atoms with Crippen molar-refractivity contribution in [3.05, 3.63) is 54.3 Å². The Hall–Kier alpha value is -3.55. The minimum atomic E-state index is -1.35. The molecule has 1 N–H and O–H groups in total. The number of para-hydroxylation sites is 1. The summed E-state index contributed by atoms with van der Waals surface area (Å²) in [6, 6.07) is 11.0. The lowest BCUT2D eigenvalue weighted by molar-refractivity contribution is -0.131. The summed E-state index contributed by atoms with van der Waals surface area (Å²) in [6.45, 7) is 2.39. The highest BCUT2D eigenvalue weighted by Gasteiger charge is 2.41. The standard InChI is InChI=1S/C19H16FN3O4/c1-2-27-13-9-7-12(8-10-13)21-11-14-17(24)22-19(26)23(18(14)25)16-6-4-3-5-15(16)20/h3-11,14H,2H2,1H3,(H,22,24,26)/t14-/m1/s1. The second kappa shape index (κ2) is 7.77. The van der Waals surface area contributed by atoms with Gasteiger partial charge in [-0.3, -0.25) is 19.9 Å². The Morgan fingerprint density at radius 3 is 2.52 bits per heavy atom. The molecule has 0 aliphatic carbocycles. The lowest BCUT2D eigenvalue weighted by Gasteiger charge is -2.28. The van der Waals surface area contributed by atoms with Gasteiger partial charge >= 0.3 is 6.03 Å². The van der Waals surface area contributed by atoms with Crippen LogP contribution in [0.25, 0.3) is 0 Å². The fourth-order valence-corrected chi connectivity index (χ4v) is 2.54. The largest absolute Gasteiger partial charge is 0.494 e. The van der Waals surface area contributed by atoms with E-state index in [0.717, 1.165) is 12.3 Å². The fraction of sp³-hybridized carbons (Fsp3) is 0.158. The van der Waals surface area contributed by atoms with Gasteiger partial charge in [0.1, 0.15) is 11.6 Å². The smallest absolute Gasteiger partial charge is 0.335 e. The molecule has 1 aliphatic heterocycles. The summed E-state index contributed by atoms with van der Waals surface area (Å²) >= 11 is 0. The van der Waals surface area contributed by atoms with E-state index < -0.39 is 29.6 Å². The molecule has 8 heteroatoms. The van der Waals surface area contributed by atoms with Crippen LogP contribution in [0.4, 0.5) is 20.6 Å². The van der Waals surface area contributed by atoms with Crippen LogP contribution in [-0.2, 0) is 9.59 Å². The van der Waals surface area contributed by atoms with Gasteiger partial charge in [0.15, 0.2) is 5.92 Å². The molecule has 1 heterocycles. The average Bonchev–Trinajstić information content (AvgIpc) is 2.64. The summed E-state index contributed by atoms with van der Waals surface area (Å²) in [5, 5.41) is 2.05. The molecule has 7 nitrogen and oxygen atoms in total. The number of carbonyl (C=O) groups excluding carboxylic acids is 3. The first-order valence-corrected chi connectivity index (χ1v) is 8.21. The first-order chi connectivity index (χ1) is 13.0. The maximum Gasteiger partial charge on any atom is 0.335 e. The Morgan fingerprint density at radius 2 is 1.85 bits per heavy atom. The van der Waals surface area contributed by atoms with E-state index in [9.17, 15) is 18.8 Å². The number of hydrogen-bond donors (Lipinski definition) is 1. The van der Waals surface area contributed by atoms with Crippen LogP contribution >= 0.6 is 0 Å². The molecule has 0 saturated carbocycles. The first kappa shape index (κ1) is 18.2. The number of ether oxygens (including phenoxy) is 1. The minimum absolute atomic E-state index is 0.230. The van der Waals surface area contributed by atoms with Crippen LogP contribution in [0.5, 0.6) is 5.75 Å². The number of halogens is 1. The third-order valence-corrected chi connectivity index (χ3v) is 3.82. The summed E-state index contributed by atoms with van der Waals surface area (Å²) in [6.07, 6.45) is 1.13. The lowest BCUT2D eigenvalue weighted by atomic mass is 10.1. The number of hydrogen-bond acceptors (Lipinski definition) is 5. The van der Waals surface area contributed by atoms with Crippen LogP contribution in [-0.4, -0.2) is 30.7 Å². The van der Waals surface area contributed by atoms with Crippen molar-refractivity contribution in [3.63, 3.8) is 0 Å². The van der Waals surface area contributed by atoms with Crippen molar-refractivity contribution in [2.45, 2.75) is 6.92 Å². The SMILES string of the molecule is CCOc1ccc(N=C[C@@H]2C(=O)NC(=O)N(c3ccccc3F)C2=O)cc1. The molecule has 138 valence electrons. The van der Waals surface area contributed by atoms with Crippen LogP contribution in [0.15, 0.2) is 53.5 Å². The maximum absolute atomic E-state index is 14.0. The summed E-state index contributed by atoms with van der Waals surface area (Å²) in [7, 11) is 0. The number of carbonyl (C=O) groups is 3. The molecule has 1 fully saturated rings. The first-order valence-electron chi connectivity index (χ1n) is 8.21.